The quantitative estimate of drug-likeness (QED) is 0.189. The van der Waals surface area contributed by atoms with E-state index in [1.165, 1.54) is 22.3 Å². The number of nitrogens with zero attached hydrogens (tertiary/aromatic N) is 3. The second kappa shape index (κ2) is 9.99. The van der Waals surface area contributed by atoms with Gasteiger partial charge in [-0.3, -0.25) is 9.36 Å². The largest absolute Gasteiger partial charge is 0.320 e. The number of nitrogens with one attached hydrogen (secondary N) is 1. The van der Waals surface area contributed by atoms with Crippen LogP contribution in [0.4, 0.5) is 0 Å². The van der Waals surface area contributed by atoms with Crippen LogP contribution >= 0.6 is 0 Å². The lowest BCUT2D eigenvalue weighted by Gasteiger charge is -2.22. The molecule has 0 bridgehead atoms. The van der Waals surface area contributed by atoms with E-state index in [1.807, 2.05) is 24.3 Å². The summed E-state index contributed by atoms with van der Waals surface area (Å²) in [6.45, 7) is 4.62. The molecule has 51 heavy (non-hydrogen) atoms. The van der Waals surface area contributed by atoms with Crippen LogP contribution < -0.4 is 5.56 Å². The molecule has 0 radical (unpaired) electrons. The van der Waals surface area contributed by atoms with Crippen molar-refractivity contribution in [3.8, 4) is 28.3 Å². The number of para-hydroxylation sites is 2. The topological polar surface area (TPSA) is 63.6 Å². The van der Waals surface area contributed by atoms with Crippen LogP contribution in [0.3, 0.4) is 0 Å². The predicted octanol–water partition coefficient (Wildman–Crippen LogP) is 10.8. The van der Waals surface area contributed by atoms with Crippen LogP contribution in [0.25, 0.3) is 93.5 Å². The molecule has 0 unspecified atom stereocenters. The van der Waals surface area contributed by atoms with Crippen molar-refractivity contribution in [2.45, 2.75) is 19.3 Å². The van der Waals surface area contributed by atoms with Gasteiger partial charge in [-0.25, -0.2) is 9.97 Å². The molecule has 240 valence electrons. The Kier molecular flexibility index (Phi) is 5.54. The summed E-state index contributed by atoms with van der Waals surface area (Å²) < 4.78 is 2.16. The number of H-pyrrole nitrogens is 1. The maximum atomic E-state index is 13.8. The second-order valence-electron chi connectivity index (χ2n) is 14.2. The number of rotatable bonds is 2. The molecule has 1 N–H and O–H groups in total. The highest BCUT2D eigenvalue weighted by atomic mass is 16.1. The summed E-state index contributed by atoms with van der Waals surface area (Å²) in [5.74, 6) is 0.559. The zero-order valence-electron chi connectivity index (χ0n) is 28.0. The molecule has 11 rings (SSSR count). The van der Waals surface area contributed by atoms with Crippen LogP contribution in [0.5, 0.6) is 0 Å². The Bertz CT molecular complexity index is 3200. The SMILES string of the molecule is CC1(C)c2ccccc2-c2ccc(-c3nc(-n4c5ccccc5c5c6ccccc6c6c7ccccc7c(=O)[nH]c6c54)nc4ccccc34)cc21. The van der Waals surface area contributed by atoms with E-state index in [0.29, 0.717) is 11.3 Å². The van der Waals surface area contributed by atoms with Crippen molar-refractivity contribution in [3.05, 3.63) is 161 Å². The molecular formula is C46H30N4O. The average Bonchev–Trinajstić information content (AvgIpc) is 3.64. The predicted molar refractivity (Wildman–Crippen MR) is 210 cm³/mol. The minimum atomic E-state index is -0.144. The van der Waals surface area contributed by atoms with Crippen LogP contribution in [0.2, 0.25) is 0 Å². The fourth-order valence-corrected chi connectivity index (χ4v) is 8.85. The first kappa shape index (κ1) is 28.3. The summed E-state index contributed by atoms with van der Waals surface area (Å²) in [6, 6.07) is 48.6. The first-order valence-electron chi connectivity index (χ1n) is 17.4. The molecule has 0 amide bonds. The smallest absolute Gasteiger partial charge is 0.256 e. The highest BCUT2D eigenvalue weighted by Gasteiger charge is 2.35. The van der Waals surface area contributed by atoms with Crippen molar-refractivity contribution in [1.29, 1.82) is 0 Å². The molecule has 0 atom stereocenters. The highest BCUT2D eigenvalue weighted by molar-refractivity contribution is 6.34. The highest BCUT2D eigenvalue weighted by Crippen LogP contribution is 2.50. The minimum absolute atomic E-state index is 0.117. The summed E-state index contributed by atoms with van der Waals surface area (Å²) in [6.07, 6.45) is 0. The molecule has 5 heteroatoms. The number of aromatic amines is 1. The lowest BCUT2D eigenvalue weighted by atomic mass is 9.82. The van der Waals surface area contributed by atoms with Crippen LogP contribution in [-0.4, -0.2) is 19.5 Å². The molecule has 10 aromatic rings. The van der Waals surface area contributed by atoms with E-state index in [-0.39, 0.29) is 11.0 Å². The van der Waals surface area contributed by atoms with Crippen molar-refractivity contribution in [1.82, 2.24) is 19.5 Å². The summed E-state index contributed by atoms with van der Waals surface area (Å²) in [5, 5.41) is 7.95. The van der Waals surface area contributed by atoms with E-state index in [9.17, 15) is 4.79 Å². The molecule has 5 nitrogen and oxygen atoms in total. The Balaban J connectivity index is 1.28. The van der Waals surface area contributed by atoms with Gasteiger partial charge in [0.2, 0.25) is 5.95 Å². The third-order valence-electron chi connectivity index (χ3n) is 11.2. The van der Waals surface area contributed by atoms with Gasteiger partial charge in [0.1, 0.15) is 0 Å². The van der Waals surface area contributed by atoms with Gasteiger partial charge in [0.05, 0.1) is 27.8 Å². The van der Waals surface area contributed by atoms with Crippen LogP contribution in [0.15, 0.2) is 144 Å². The average molecular weight is 655 g/mol. The van der Waals surface area contributed by atoms with Crippen molar-refractivity contribution in [3.63, 3.8) is 0 Å². The lowest BCUT2D eigenvalue weighted by molar-refractivity contribution is 0.660. The fourth-order valence-electron chi connectivity index (χ4n) is 8.85. The first-order valence-corrected chi connectivity index (χ1v) is 17.4. The number of benzene rings is 7. The van der Waals surface area contributed by atoms with Gasteiger partial charge in [0, 0.05) is 37.9 Å². The fraction of sp³-hybridized carbons (Fsp3) is 0.0652. The zero-order chi connectivity index (χ0) is 34.0. The van der Waals surface area contributed by atoms with Crippen LogP contribution in [-0.2, 0) is 5.41 Å². The van der Waals surface area contributed by atoms with E-state index >= 15 is 0 Å². The number of pyridine rings is 1. The molecule has 7 aromatic carbocycles. The molecule has 0 spiro atoms. The van der Waals surface area contributed by atoms with Gasteiger partial charge in [0.15, 0.2) is 0 Å². The second-order valence-corrected chi connectivity index (χ2v) is 14.2. The van der Waals surface area contributed by atoms with Gasteiger partial charge in [0.25, 0.3) is 5.56 Å². The standard InChI is InChI=1S/C46H30N4O/c1-46(2)35-20-10-7-13-27(35)28-24-23-26(25-36(28)46)41-33-18-8-11-21-37(33)47-45(49-41)50-38-22-12-9-19-34(38)40-30-15-4-3-14-29(30)39-31-16-5-6-17-32(31)44(51)48-42(39)43(40)50/h3-25H,1-2H3,(H,48,51). The molecule has 1 aliphatic carbocycles. The maximum absolute atomic E-state index is 13.8. The molecule has 0 aliphatic heterocycles. The Morgan fingerprint density at radius 2 is 1.18 bits per heavy atom. The zero-order valence-corrected chi connectivity index (χ0v) is 28.0. The number of hydrogen-bond acceptors (Lipinski definition) is 3. The van der Waals surface area contributed by atoms with Gasteiger partial charge < -0.3 is 4.98 Å². The Labute approximate surface area is 292 Å². The van der Waals surface area contributed by atoms with E-state index < -0.39 is 0 Å². The van der Waals surface area contributed by atoms with E-state index in [0.717, 1.165) is 71.0 Å². The molecule has 1 aliphatic rings. The van der Waals surface area contributed by atoms with Gasteiger partial charge in [-0.05, 0) is 62.7 Å². The minimum Gasteiger partial charge on any atom is -0.320 e. The lowest BCUT2D eigenvalue weighted by Crippen LogP contribution is -2.15. The van der Waals surface area contributed by atoms with Crippen LogP contribution in [0, 0.1) is 0 Å². The van der Waals surface area contributed by atoms with E-state index in [4.69, 9.17) is 9.97 Å². The van der Waals surface area contributed by atoms with Crippen molar-refractivity contribution < 1.29 is 0 Å². The van der Waals surface area contributed by atoms with Gasteiger partial charge in [-0.15, -0.1) is 0 Å². The Hall–Kier alpha value is -6.59. The van der Waals surface area contributed by atoms with Crippen molar-refractivity contribution in [2.75, 3.05) is 0 Å². The summed E-state index contributed by atoms with van der Waals surface area (Å²) >= 11 is 0. The van der Waals surface area contributed by atoms with Gasteiger partial charge >= 0.3 is 0 Å². The molecule has 3 heterocycles. The van der Waals surface area contributed by atoms with Crippen molar-refractivity contribution in [2.24, 2.45) is 0 Å². The Morgan fingerprint density at radius 1 is 0.569 bits per heavy atom. The summed E-state index contributed by atoms with van der Waals surface area (Å²) in [5.41, 5.74) is 10.4. The molecule has 0 saturated heterocycles. The van der Waals surface area contributed by atoms with E-state index in [1.54, 1.807) is 0 Å². The van der Waals surface area contributed by atoms with E-state index in [2.05, 4.69) is 139 Å². The molecule has 0 fully saturated rings. The molecule has 3 aromatic heterocycles. The van der Waals surface area contributed by atoms with Gasteiger partial charge in [-0.1, -0.05) is 129 Å². The molecular weight excluding hydrogens is 625 g/mol. The number of aromatic nitrogens is 4. The Morgan fingerprint density at radius 3 is 1.98 bits per heavy atom. The van der Waals surface area contributed by atoms with Crippen molar-refractivity contribution >= 4 is 65.2 Å². The number of hydrogen-bond donors (Lipinski definition) is 1. The normalized spacial score (nSPS) is 13.5. The molecule has 0 saturated carbocycles. The third-order valence-corrected chi connectivity index (χ3v) is 11.2. The monoisotopic (exact) mass is 654 g/mol. The summed E-state index contributed by atoms with van der Waals surface area (Å²) in [4.78, 5) is 27.9. The third kappa shape index (κ3) is 3.72. The maximum Gasteiger partial charge on any atom is 0.256 e. The van der Waals surface area contributed by atoms with Gasteiger partial charge in [-0.2, -0.15) is 0 Å². The van der Waals surface area contributed by atoms with Crippen LogP contribution in [0.1, 0.15) is 25.0 Å². The first-order chi connectivity index (χ1) is 25.0. The summed E-state index contributed by atoms with van der Waals surface area (Å²) in [7, 11) is 0. The number of fused-ring (bicyclic) bond motifs is 14.